The molecule has 0 aliphatic carbocycles. The second kappa shape index (κ2) is 6.75. The summed E-state index contributed by atoms with van der Waals surface area (Å²) in [6, 6.07) is 14.2. The molecular weight excluding hydrogens is 352 g/mol. The fraction of sp³-hybridized carbons (Fsp3) is 0.316. The van der Waals surface area contributed by atoms with Crippen molar-refractivity contribution in [2.45, 2.75) is 13.8 Å². The van der Waals surface area contributed by atoms with Crippen LogP contribution >= 0.6 is 15.9 Å². The van der Waals surface area contributed by atoms with Crippen LogP contribution in [-0.4, -0.2) is 37.0 Å². The van der Waals surface area contributed by atoms with Gasteiger partial charge in [0.25, 0.3) is 5.91 Å². The second-order valence-corrected chi connectivity index (χ2v) is 6.95. The number of piperazine rings is 1. The summed E-state index contributed by atoms with van der Waals surface area (Å²) in [5.41, 5.74) is 4.41. The van der Waals surface area contributed by atoms with E-state index >= 15 is 0 Å². The molecule has 0 unspecified atom stereocenters. The number of hydrogen-bond acceptors (Lipinski definition) is 2. The minimum Gasteiger partial charge on any atom is -0.367 e. The molecule has 1 aliphatic rings. The molecular formula is C19H21BrN2O. The highest BCUT2D eigenvalue weighted by molar-refractivity contribution is 9.10. The number of hydrogen-bond donors (Lipinski definition) is 0. The molecule has 1 heterocycles. The Bertz CT molecular complexity index is 704. The standard InChI is InChI=1S/C19H21BrN2O/c1-14-3-6-16(7-4-14)19(23)22-11-9-21(10-12-22)18-8-5-15(2)13-17(18)20/h3-8,13H,9-12H2,1-2H3. The molecule has 1 fully saturated rings. The summed E-state index contributed by atoms with van der Waals surface area (Å²) in [7, 11) is 0. The maximum absolute atomic E-state index is 12.6. The molecule has 1 saturated heterocycles. The first-order chi connectivity index (χ1) is 11.0. The third-order valence-electron chi connectivity index (χ3n) is 4.31. The Kier molecular flexibility index (Phi) is 4.71. The molecule has 1 amide bonds. The minimum absolute atomic E-state index is 0.132. The normalized spacial score (nSPS) is 14.9. The van der Waals surface area contributed by atoms with Crippen molar-refractivity contribution in [3.05, 3.63) is 63.6 Å². The maximum Gasteiger partial charge on any atom is 0.253 e. The van der Waals surface area contributed by atoms with E-state index in [4.69, 9.17) is 0 Å². The van der Waals surface area contributed by atoms with Crippen LogP contribution in [0.2, 0.25) is 0 Å². The summed E-state index contributed by atoms with van der Waals surface area (Å²) in [4.78, 5) is 16.8. The van der Waals surface area contributed by atoms with Crippen LogP contribution < -0.4 is 4.90 Å². The number of carbonyl (C=O) groups is 1. The molecule has 0 bridgehead atoms. The van der Waals surface area contributed by atoms with E-state index in [-0.39, 0.29) is 5.91 Å². The van der Waals surface area contributed by atoms with E-state index in [0.29, 0.717) is 0 Å². The molecule has 0 atom stereocenters. The van der Waals surface area contributed by atoms with E-state index < -0.39 is 0 Å². The van der Waals surface area contributed by atoms with Crippen molar-refractivity contribution in [1.29, 1.82) is 0 Å². The lowest BCUT2D eigenvalue weighted by Gasteiger charge is -2.36. The first-order valence-corrected chi connectivity index (χ1v) is 8.71. The molecule has 3 rings (SSSR count). The van der Waals surface area contributed by atoms with Crippen LogP contribution in [-0.2, 0) is 0 Å². The van der Waals surface area contributed by atoms with Crippen molar-refractivity contribution in [1.82, 2.24) is 4.90 Å². The van der Waals surface area contributed by atoms with Gasteiger partial charge in [-0.1, -0.05) is 23.8 Å². The molecule has 1 aliphatic heterocycles. The van der Waals surface area contributed by atoms with E-state index in [2.05, 4.69) is 46.0 Å². The quantitative estimate of drug-likeness (QED) is 0.794. The third kappa shape index (κ3) is 3.58. The van der Waals surface area contributed by atoms with E-state index in [9.17, 15) is 4.79 Å². The lowest BCUT2D eigenvalue weighted by atomic mass is 10.1. The van der Waals surface area contributed by atoms with E-state index in [1.165, 1.54) is 16.8 Å². The van der Waals surface area contributed by atoms with Crippen LogP contribution in [0.25, 0.3) is 0 Å². The average Bonchev–Trinajstić information content (AvgIpc) is 2.55. The Labute approximate surface area is 146 Å². The van der Waals surface area contributed by atoms with Gasteiger partial charge < -0.3 is 9.80 Å². The van der Waals surface area contributed by atoms with Gasteiger partial charge in [0.2, 0.25) is 0 Å². The fourth-order valence-electron chi connectivity index (χ4n) is 2.90. The number of halogens is 1. The van der Waals surface area contributed by atoms with Gasteiger partial charge in [-0.25, -0.2) is 0 Å². The number of carbonyl (C=O) groups excluding carboxylic acids is 1. The first kappa shape index (κ1) is 16.1. The van der Waals surface area contributed by atoms with Gasteiger partial charge in [-0.2, -0.15) is 0 Å². The highest BCUT2D eigenvalue weighted by atomic mass is 79.9. The zero-order valence-electron chi connectivity index (χ0n) is 13.6. The Balaban J connectivity index is 1.66. The summed E-state index contributed by atoms with van der Waals surface area (Å²) in [5.74, 6) is 0.132. The molecule has 2 aromatic carbocycles. The SMILES string of the molecule is Cc1ccc(C(=O)N2CCN(c3ccc(C)cc3Br)CC2)cc1. The lowest BCUT2D eigenvalue weighted by molar-refractivity contribution is 0.0747. The molecule has 3 nitrogen and oxygen atoms in total. The topological polar surface area (TPSA) is 23.6 Å². The Morgan fingerprint density at radius 2 is 1.52 bits per heavy atom. The predicted molar refractivity (Wildman–Crippen MR) is 98.2 cm³/mol. The van der Waals surface area contributed by atoms with Gasteiger partial charge in [-0.15, -0.1) is 0 Å². The number of amides is 1. The predicted octanol–water partition coefficient (Wildman–Crippen LogP) is 4.03. The fourth-order valence-corrected chi connectivity index (χ4v) is 3.64. The molecule has 120 valence electrons. The average molecular weight is 373 g/mol. The zero-order chi connectivity index (χ0) is 16.4. The van der Waals surface area contributed by atoms with Crippen LogP contribution in [0.5, 0.6) is 0 Å². The van der Waals surface area contributed by atoms with Gasteiger partial charge in [0, 0.05) is 36.2 Å². The smallest absolute Gasteiger partial charge is 0.253 e. The van der Waals surface area contributed by atoms with E-state index in [1.54, 1.807) is 0 Å². The molecule has 0 N–H and O–H groups in total. The van der Waals surface area contributed by atoms with E-state index in [1.807, 2.05) is 36.1 Å². The van der Waals surface area contributed by atoms with E-state index in [0.717, 1.165) is 36.2 Å². The monoisotopic (exact) mass is 372 g/mol. The zero-order valence-corrected chi connectivity index (χ0v) is 15.1. The highest BCUT2D eigenvalue weighted by Crippen LogP contribution is 2.28. The third-order valence-corrected chi connectivity index (χ3v) is 4.94. The number of aryl methyl sites for hydroxylation is 2. The van der Waals surface area contributed by atoms with Crippen molar-refractivity contribution in [3.63, 3.8) is 0 Å². The summed E-state index contributed by atoms with van der Waals surface area (Å²) in [6.07, 6.45) is 0. The van der Waals surface area contributed by atoms with Gasteiger partial charge in [0.15, 0.2) is 0 Å². The Morgan fingerprint density at radius 3 is 2.13 bits per heavy atom. The molecule has 0 radical (unpaired) electrons. The summed E-state index contributed by atoms with van der Waals surface area (Å²) < 4.78 is 1.12. The summed E-state index contributed by atoms with van der Waals surface area (Å²) >= 11 is 3.65. The largest absolute Gasteiger partial charge is 0.367 e. The number of anilines is 1. The molecule has 23 heavy (non-hydrogen) atoms. The number of rotatable bonds is 2. The molecule has 2 aromatic rings. The van der Waals surface area contributed by atoms with Crippen molar-refractivity contribution in [2.24, 2.45) is 0 Å². The maximum atomic E-state index is 12.6. The van der Waals surface area contributed by atoms with Crippen LogP contribution in [0.1, 0.15) is 21.5 Å². The van der Waals surface area contributed by atoms with Crippen LogP contribution in [0.15, 0.2) is 46.9 Å². The lowest BCUT2D eigenvalue weighted by Crippen LogP contribution is -2.48. The Morgan fingerprint density at radius 1 is 0.913 bits per heavy atom. The van der Waals surface area contributed by atoms with Gasteiger partial charge in [-0.05, 0) is 59.6 Å². The van der Waals surface area contributed by atoms with Crippen LogP contribution in [0.3, 0.4) is 0 Å². The van der Waals surface area contributed by atoms with Gasteiger partial charge in [-0.3, -0.25) is 4.79 Å². The molecule has 4 heteroatoms. The van der Waals surface area contributed by atoms with Gasteiger partial charge in [0.1, 0.15) is 0 Å². The van der Waals surface area contributed by atoms with Crippen molar-refractivity contribution >= 4 is 27.5 Å². The summed E-state index contributed by atoms with van der Waals surface area (Å²) in [6.45, 7) is 7.36. The Hall–Kier alpha value is -1.81. The van der Waals surface area contributed by atoms with Gasteiger partial charge in [0.05, 0.1) is 5.69 Å². The van der Waals surface area contributed by atoms with Crippen LogP contribution in [0.4, 0.5) is 5.69 Å². The first-order valence-electron chi connectivity index (χ1n) is 7.91. The van der Waals surface area contributed by atoms with Crippen LogP contribution in [0, 0.1) is 13.8 Å². The number of nitrogens with zero attached hydrogens (tertiary/aromatic N) is 2. The highest BCUT2D eigenvalue weighted by Gasteiger charge is 2.23. The summed E-state index contributed by atoms with van der Waals surface area (Å²) in [5, 5.41) is 0. The molecule has 0 saturated carbocycles. The van der Waals surface area contributed by atoms with Crippen molar-refractivity contribution in [2.75, 3.05) is 31.1 Å². The minimum atomic E-state index is 0.132. The molecule has 0 aromatic heterocycles. The van der Waals surface area contributed by atoms with Gasteiger partial charge >= 0.3 is 0 Å². The van der Waals surface area contributed by atoms with Crippen molar-refractivity contribution < 1.29 is 4.79 Å². The van der Waals surface area contributed by atoms with Crippen molar-refractivity contribution in [3.8, 4) is 0 Å². The molecule has 0 spiro atoms. The number of benzene rings is 2. The second-order valence-electron chi connectivity index (χ2n) is 6.10.